The Morgan fingerprint density at radius 2 is 2.24 bits per heavy atom. The average molecular weight is 238 g/mol. The molecule has 4 nitrogen and oxygen atoms in total. The quantitative estimate of drug-likeness (QED) is 0.702. The van der Waals surface area contributed by atoms with Crippen LogP contribution in [0, 0.1) is 0 Å². The molecular formula is C13H26N4. The van der Waals surface area contributed by atoms with Crippen molar-refractivity contribution in [3.8, 4) is 0 Å². The van der Waals surface area contributed by atoms with Gasteiger partial charge < -0.3 is 5.32 Å². The number of nitrogens with zero attached hydrogens (tertiary/aromatic N) is 3. The van der Waals surface area contributed by atoms with E-state index in [1.165, 1.54) is 0 Å². The van der Waals surface area contributed by atoms with Crippen molar-refractivity contribution in [1.29, 1.82) is 0 Å². The first-order chi connectivity index (χ1) is 8.17. The first-order valence-corrected chi connectivity index (χ1v) is 6.60. The maximum absolute atomic E-state index is 4.60. The normalized spacial score (nSPS) is 13.2. The van der Waals surface area contributed by atoms with Gasteiger partial charge in [0.15, 0.2) is 0 Å². The smallest absolute Gasteiger partial charge is 0.0764 e. The first-order valence-electron chi connectivity index (χ1n) is 6.60. The van der Waals surface area contributed by atoms with Crippen LogP contribution in [0.15, 0.2) is 12.3 Å². The summed E-state index contributed by atoms with van der Waals surface area (Å²) in [5.41, 5.74) is 1.16. The number of rotatable bonds is 8. The summed E-state index contributed by atoms with van der Waals surface area (Å²) >= 11 is 0. The zero-order chi connectivity index (χ0) is 12.7. The van der Waals surface area contributed by atoms with Gasteiger partial charge in [-0.3, -0.25) is 9.58 Å². The second-order valence-electron chi connectivity index (χ2n) is 4.64. The predicted octanol–water partition coefficient (Wildman–Crippen LogP) is 1.90. The van der Waals surface area contributed by atoms with Crippen molar-refractivity contribution >= 4 is 0 Å². The number of hydrogen-bond acceptors (Lipinski definition) is 3. The van der Waals surface area contributed by atoms with Crippen LogP contribution in [0.2, 0.25) is 0 Å². The Hall–Kier alpha value is -0.870. The first kappa shape index (κ1) is 14.2. The molecule has 1 atom stereocenters. The van der Waals surface area contributed by atoms with Crippen molar-refractivity contribution in [3.05, 3.63) is 18.0 Å². The molecule has 0 aliphatic rings. The fourth-order valence-electron chi connectivity index (χ4n) is 1.70. The van der Waals surface area contributed by atoms with E-state index >= 15 is 0 Å². The maximum Gasteiger partial charge on any atom is 0.0764 e. The zero-order valence-corrected chi connectivity index (χ0v) is 11.6. The van der Waals surface area contributed by atoms with E-state index in [0.717, 1.165) is 38.3 Å². The van der Waals surface area contributed by atoms with Crippen LogP contribution in [-0.4, -0.2) is 41.4 Å². The van der Waals surface area contributed by atoms with Crippen LogP contribution < -0.4 is 5.32 Å². The van der Waals surface area contributed by atoms with Crippen molar-refractivity contribution in [3.63, 3.8) is 0 Å². The van der Waals surface area contributed by atoms with Crippen molar-refractivity contribution in [1.82, 2.24) is 20.0 Å². The van der Waals surface area contributed by atoms with Crippen LogP contribution in [-0.2, 0) is 6.54 Å². The summed E-state index contributed by atoms with van der Waals surface area (Å²) in [6, 6.07) is 2.62. The lowest BCUT2D eigenvalue weighted by molar-refractivity contribution is 0.319. The Balaban J connectivity index is 2.37. The molecule has 0 aliphatic heterocycles. The Morgan fingerprint density at radius 3 is 2.88 bits per heavy atom. The molecule has 0 fully saturated rings. The van der Waals surface area contributed by atoms with E-state index in [1.54, 1.807) is 0 Å². The molecule has 1 rings (SSSR count). The minimum absolute atomic E-state index is 0.496. The highest BCUT2D eigenvalue weighted by Gasteiger charge is 2.06. The van der Waals surface area contributed by atoms with Gasteiger partial charge in [0.05, 0.1) is 5.69 Å². The standard InChI is InChI=1S/C13H26N4/c1-5-12(3)17-9-7-13(15-17)11-16(4)10-8-14-6-2/h7,9,12,14H,5-6,8,10-11H2,1-4H3. The van der Waals surface area contributed by atoms with Gasteiger partial charge in [0.1, 0.15) is 0 Å². The summed E-state index contributed by atoms with van der Waals surface area (Å²) in [6.45, 7) is 10.6. The van der Waals surface area contributed by atoms with E-state index in [0.29, 0.717) is 6.04 Å². The van der Waals surface area contributed by atoms with Crippen molar-refractivity contribution in [2.24, 2.45) is 0 Å². The summed E-state index contributed by atoms with van der Waals surface area (Å²) in [4.78, 5) is 2.30. The molecule has 1 N–H and O–H groups in total. The van der Waals surface area contributed by atoms with Crippen molar-refractivity contribution < 1.29 is 0 Å². The molecule has 1 aromatic rings. The molecule has 0 aliphatic carbocycles. The van der Waals surface area contributed by atoms with E-state index in [-0.39, 0.29) is 0 Å². The van der Waals surface area contributed by atoms with E-state index in [4.69, 9.17) is 0 Å². The summed E-state index contributed by atoms with van der Waals surface area (Å²) < 4.78 is 2.06. The highest BCUT2D eigenvalue weighted by molar-refractivity contribution is 4.99. The topological polar surface area (TPSA) is 33.1 Å². The maximum atomic E-state index is 4.60. The van der Waals surface area contributed by atoms with Crippen LogP contribution in [0.4, 0.5) is 0 Å². The van der Waals surface area contributed by atoms with Gasteiger partial charge in [-0.05, 0) is 33.0 Å². The predicted molar refractivity (Wildman–Crippen MR) is 72.1 cm³/mol. The molecule has 0 bridgehead atoms. The second-order valence-corrected chi connectivity index (χ2v) is 4.64. The lowest BCUT2D eigenvalue weighted by Gasteiger charge is -2.15. The molecule has 4 heteroatoms. The lowest BCUT2D eigenvalue weighted by atomic mass is 10.3. The summed E-state index contributed by atoms with van der Waals surface area (Å²) in [5, 5.41) is 7.93. The van der Waals surface area contributed by atoms with Crippen LogP contribution in [0.5, 0.6) is 0 Å². The van der Waals surface area contributed by atoms with Gasteiger partial charge in [-0.25, -0.2) is 0 Å². The van der Waals surface area contributed by atoms with Gasteiger partial charge >= 0.3 is 0 Å². The highest BCUT2D eigenvalue weighted by Crippen LogP contribution is 2.09. The Labute approximate surface area is 105 Å². The highest BCUT2D eigenvalue weighted by atomic mass is 15.3. The van der Waals surface area contributed by atoms with Gasteiger partial charge in [0, 0.05) is 31.9 Å². The average Bonchev–Trinajstić information content (AvgIpc) is 2.77. The zero-order valence-electron chi connectivity index (χ0n) is 11.6. The molecule has 0 saturated heterocycles. The summed E-state index contributed by atoms with van der Waals surface area (Å²) in [6.07, 6.45) is 3.21. The lowest BCUT2D eigenvalue weighted by Crippen LogP contribution is -2.28. The van der Waals surface area contributed by atoms with Crippen LogP contribution >= 0.6 is 0 Å². The third-order valence-corrected chi connectivity index (χ3v) is 3.06. The molecule has 1 aromatic heterocycles. The molecule has 0 amide bonds. The summed E-state index contributed by atoms with van der Waals surface area (Å²) in [5.74, 6) is 0. The van der Waals surface area contributed by atoms with E-state index in [9.17, 15) is 0 Å². The van der Waals surface area contributed by atoms with E-state index < -0.39 is 0 Å². The van der Waals surface area contributed by atoms with Crippen LogP contribution in [0.25, 0.3) is 0 Å². The van der Waals surface area contributed by atoms with Crippen LogP contribution in [0.1, 0.15) is 38.9 Å². The van der Waals surface area contributed by atoms with Gasteiger partial charge in [-0.1, -0.05) is 13.8 Å². The van der Waals surface area contributed by atoms with Gasteiger partial charge in [-0.15, -0.1) is 0 Å². The molecule has 17 heavy (non-hydrogen) atoms. The van der Waals surface area contributed by atoms with E-state index in [2.05, 4.69) is 60.1 Å². The molecule has 0 aromatic carbocycles. The number of nitrogens with one attached hydrogen (secondary N) is 1. The third-order valence-electron chi connectivity index (χ3n) is 3.06. The molecule has 0 spiro atoms. The molecule has 0 radical (unpaired) electrons. The Kier molecular flexibility index (Phi) is 6.22. The van der Waals surface area contributed by atoms with Crippen molar-refractivity contribution in [2.45, 2.75) is 39.8 Å². The summed E-state index contributed by atoms with van der Waals surface area (Å²) in [7, 11) is 2.14. The molecule has 1 unspecified atom stereocenters. The monoisotopic (exact) mass is 238 g/mol. The molecular weight excluding hydrogens is 212 g/mol. The van der Waals surface area contributed by atoms with E-state index in [1.807, 2.05) is 0 Å². The van der Waals surface area contributed by atoms with Gasteiger partial charge in [0.2, 0.25) is 0 Å². The van der Waals surface area contributed by atoms with Crippen molar-refractivity contribution in [2.75, 3.05) is 26.7 Å². The largest absolute Gasteiger partial charge is 0.316 e. The Morgan fingerprint density at radius 1 is 1.47 bits per heavy atom. The Bertz CT molecular complexity index is 308. The fraction of sp³-hybridized carbons (Fsp3) is 0.769. The van der Waals surface area contributed by atoms with Gasteiger partial charge in [-0.2, -0.15) is 5.10 Å². The minimum atomic E-state index is 0.496. The van der Waals surface area contributed by atoms with Gasteiger partial charge in [0.25, 0.3) is 0 Å². The minimum Gasteiger partial charge on any atom is -0.316 e. The fourth-order valence-corrected chi connectivity index (χ4v) is 1.70. The van der Waals surface area contributed by atoms with Crippen LogP contribution in [0.3, 0.4) is 0 Å². The third kappa shape index (κ3) is 4.88. The second kappa shape index (κ2) is 7.45. The number of aromatic nitrogens is 2. The number of likely N-dealkylation sites (N-methyl/N-ethyl adjacent to an activating group) is 2. The molecule has 0 saturated carbocycles. The number of hydrogen-bond donors (Lipinski definition) is 1. The SMILES string of the molecule is CCNCCN(C)Cc1ccn(C(C)CC)n1. The molecule has 1 heterocycles. The molecule has 98 valence electrons.